The molecule has 0 aromatic carbocycles. The average Bonchev–Trinajstić information content (AvgIpc) is 1.68. The first-order valence-electron chi connectivity index (χ1n) is 1.99. The Morgan fingerprint density at radius 3 is 2.57 bits per heavy atom. The van der Waals surface area contributed by atoms with Crippen LogP contribution in [0.2, 0.25) is 0 Å². The van der Waals surface area contributed by atoms with Crippen LogP contribution < -0.4 is 5.73 Å². The topological polar surface area (TPSA) is 46.2 Å². The molecule has 0 unspecified atom stereocenters. The van der Waals surface area contributed by atoms with Gasteiger partial charge in [-0.05, 0) is 6.08 Å². The Bertz CT molecular complexity index is 86.1. The molecular formula is C5H9NO. The first-order valence-corrected chi connectivity index (χ1v) is 1.99. The zero-order chi connectivity index (χ0) is 5.70. The van der Waals surface area contributed by atoms with Gasteiger partial charge < -0.3 is 10.8 Å². The van der Waals surface area contributed by atoms with Gasteiger partial charge in [-0.2, -0.15) is 0 Å². The Morgan fingerprint density at radius 2 is 2.43 bits per heavy atom. The van der Waals surface area contributed by atoms with Crippen LogP contribution >= 0.6 is 0 Å². The molecule has 0 aromatic heterocycles. The minimum atomic E-state index is -0.0913. The van der Waals surface area contributed by atoms with E-state index in [1.165, 1.54) is 6.08 Å². The van der Waals surface area contributed by atoms with Crippen molar-refractivity contribution in [2.75, 3.05) is 6.61 Å². The van der Waals surface area contributed by atoms with Crippen LogP contribution in [-0.4, -0.2) is 11.7 Å². The maximum Gasteiger partial charge on any atom is 0.0825 e. The SMILES string of the molecule is C=C/C=C(/N)CO. The number of aliphatic hydroxyl groups is 1. The zero-order valence-electron chi connectivity index (χ0n) is 4.09. The fourth-order valence-corrected chi connectivity index (χ4v) is 0.204. The minimum Gasteiger partial charge on any atom is -0.400 e. The molecule has 0 aromatic rings. The quantitative estimate of drug-likeness (QED) is 0.479. The number of rotatable bonds is 2. The maximum absolute atomic E-state index is 8.22. The van der Waals surface area contributed by atoms with Gasteiger partial charge in [0.2, 0.25) is 0 Å². The zero-order valence-corrected chi connectivity index (χ0v) is 4.09. The Hall–Kier alpha value is -0.760. The van der Waals surface area contributed by atoms with E-state index in [1.807, 2.05) is 0 Å². The standard InChI is InChI=1S/C5H9NO/c1-2-3-5(6)4-7/h2-3,7H,1,4,6H2/b5-3+. The van der Waals surface area contributed by atoms with E-state index in [-0.39, 0.29) is 6.61 Å². The highest BCUT2D eigenvalue weighted by Gasteiger charge is 1.76. The second-order valence-corrected chi connectivity index (χ2v) is 1.14. The first kappa shape index (κ1) is 6.24. The van der Waals surface area contributed by atoms with Crippen molar-refractivity contribution in [2.45, 2.75) is 0 Å². The van der Waals surface area contributed by atoms with E-state index >= 15 is 0 Å². The molecule has 0 spiro atoms. The van der Waals surface area contributed by atoms with Gasteiger partial charge in [0.05, 0.1) is 6.61 Å². The van der Waals surface area contributed by atoms with Crippen molar-refractivity contribution >= 4 is 0 Å². The number of nitrogens with two attached hydrogens (primary N) is 1. The molecule has 0 rings (SSSR count). The summed E-state index contributed by atoms with van der Waals surface area (Å²) in [6.45, 7) is 3.29. The van der Waals surface area contributed by atoms with Crippen molar-refractivity contribution < 1.29 is 5.11 Å². The second kappa shape index (κ2) is 3.43. The van der Waals surface area contributed by atoms with E-state index in [1.54, 1.807) is 6.08 Å². The molecule has 0 heterocycles. The maximum atomic E-state index is 8.22. The van der Waals surface area contributed by atoms with Gasteiger partial charge >= 0.3 is 0 Å². The lowest BCUT2D eigenvalue weighted by atomic mass is 10.4. The van der Waals surface area contributed by atoms with Gasteiger partial charge in [0.25, 0.3) is 0 Å². The number of hydrogen-bond acceptors (Lipinski definition) is 2. The monoisotopic (exact) mass is 99.1 g/mol. The van der Waals surface area contributed by atoms with Crippen LogP contribution in [0.25, 0.3) is 0 Å². The van der Waals surface area contributed by atoms with Gasteiger partial charge in [-0.1, -0.05) is 12.7 Å². The van der Waals surface area contributed by atoms with Gasteiger partial charge in [0.1, 0.15) is 0 Å². The Labute approximate surface area is 43.0 Å². The predicted octanol–water partition coefficient (Wildman–Crippen LogP) is 0.00730. The van der Waals surface area contributed by atoms with Crippen molar-refractivity contribution in [1.82, 2.24) is 0 Å². The molecule has 0 saturated carbocycles. The summed E-state index contributed by atoms with van der Waals surface area (Å²) in [5, 5.41) is 8.22. The van der Waals surface area contributed by atoms with E-state index in [0.29, 0.717) is 5.70 Å². The second-order valence-electron chi connectivity index (χ2n) is 1.14. The van der Waals surface area contributed by atoms with Crippen LogP contribution in [0.15, 0.2) is 24.4 Å². The van der Waals surface area contributed by atoms with Gasteiger partial charge in [0, 0.05) is 5.70 Å². The summed E-state index contributed by atoms with van der Waals surface area (Å²) in [6.07, 6.45) is 3.09. The normalized spacial score (nSPS) is 11.3. The molecule has 2 heteroatoms. The van der Waals surface area contributed by atoms with E-state index in [9.17, 15) is 0 Å². The molecule has 0 fully saturated rings. The van der Waals surface area contributed by atoms with Gasteiger partial charge in [-0.15, -0.1) is 0 Å². The van der Waals surface area contributed by atoms with Crippen molar-refractivity contribution in [1.29, 1.82) is 0 Å². The third-order valence-corrected chi connectivity index (χ3v) is 0.515. The summed E-state index contributed by atoms with van der Waals surface area (Å²) < 4.78 is 0. The largest absolute Gasteiger partial charge is 0.400 e. The predicted molar refractivity (Wildman–Crippen MR) is 29.6 cm³/mol. The smallest absolute Gasteiger partial charge is 0.0825 e. The fraction of sp³-hybridized carbons (Fsp3) is 0.200. The summed E-state index contributed by atoms with van der Waals surface area (Å²) in [5.74, 6) is 0. The molecule has 0 radical (unpaired) electrons. The van der Waals surface area contributed by atoms with Gasteiger partial charge in [0.15, 0.2) is 0 Å². The Morgan fingerprint density at radius 1 is 1.86 bits per heavy atom. The molecule has 40 valence electrons. The van der Waals surface area contributed by atoms with Crippen LogP contribution in [0.4, 0.5) is 0 Å². The summed E-state index contributed by atoms with van der Waals surface area (Å²) in [7, 11) is 0. The third-order valence-electron chi connectivity index (χ3n) is 0.515. The van der Waals surface area contributed by atoms with Crippen LogP contribution in [0.1, 0.15) is 0 Å². The van der Waals surface area contributed by atoms with E-state index in [0.717, 1.165) is 0 Å². The molecule has 0 amide bonds. The van der Waals surface area contributed by atoms with Crippen molar-refractivity contribution in [2.24, 2.45) is 5.73 Å². The summed E-state index contributed by atoms with van der Waals surface area (Å²) in [5.41, 5.74) is 5.56. The van der Waals surface area contributed by atoms with Gasteiger partial charge in [-0.25, -0.2) is 0 Å². The Kier molecular flexibility index (Phi) is 3.06. The lowest BCUT2D eigenvalue weighted by Gasteiger charge is -1.86. The number of allylic oxidation sites excluding steroid dienone is 2. The van der Waals surface area contributed by atoms with E-state index < -0.39 is 0 Å². The van der Waals surface area contributed by atoms with Crippen LogP contribution in [0.5, 0.6) is 0 Å². The molecule has 2 nitrogen and oxygen atoms in total. The Balaban J connectivity index is 3.49. The number of aliphatic hydroxyl groups excluding tert-OH is 1. The fourth-order valence-electron chi connectivity index (χ4n) is 0.204. The molecular weight excluding hydrogens is 90.1 g/mol. The molecule has 0 aliphatic heterocycles. The highest BCUT2D eigenvalue weighted by Crippen LogP contribution is 1.77. The van der Waals surface area contributed by atoms with Crippen LogP contribution in [-0.2, 0) is 0 Å². The van der Waals surface area contributed by atoms with Gasteiger partial charge in [-0.3, -0.25) is 0 Å². The summed E-state index contributed by atoms with van der Waals surface area (Å²) >= 11 is 0. The van der Waals surface area contributed by atoms with E-state index in [2.05, 4.69) is 6.58 Å². The first-order chi connectivity index (χ1) is 3.31. The molecule has 0 aliphatic rings. The molecule has 3 N–H and O–H groups in total. The number of hydrogen-bond donors (Lipinski definition) is 2. The van der Waals surface area contributed by atoms with Crippen molar-refractivity contribution in [3.63, 3.8) is 0 Å². The average molecular weight is 99.1 g/mol. The lowest BCUT2D eigenvalue weighted by Crippen LogP contribution is -2.00. The lowest BCUT2D eigenvalue weighted by molar-refractivity contribution is 0.330. The third kappa shape index (κ3) is 3.06. The van der Waals surface area contributed by atoms with Crippen LogP contribution in [0.3, 0.4) is 0 Å². The highest BCUT2D eigenvalue weighted by molar-refractivity contribution is 5.06. The molecule has 0 saturated heterocycles. The van der Waals surface area contributed by atoms with Crippen molar-refractivity contribution in [3.8, 4) is 0 Å². The van der Waals surface area contributed by atoms with Crippen LogP contribution in [0, 0.1) is 0 Å². The molecule has 0 bridgehead atoms. The summed E-state index contributed by atoms with van der Waals surface area (Å²) in [4.78, 5) is 0. The van der Waals surface area contributed by atoms with E-state index in [4.69, 9.17) is 10.8 Å². The summed E-state index contributed by atoms with van der Waals surface area (Å²) in [6, 6.07) is 0. The van der Waals surface area contributed by atoms with Crippen molar-refractivity contribution in [3.05, 3.63) is 24.4 Å². The molecule has 0 atom stereocenters. The molecule has 0 aliphatic carbocycles. The molecule has 7 heavy (non-hydrogen) atoms. The highest BCUT2D eigenvalue weighted by atomic mass is 16.3. The minimum absolute atomic E-state index is 0.0913.